The van der Waals surface area contributed by atoms with E-state index in [2.05, 4.69) is 16.9 Å². The number of likely N-dealkylation sites (N-methyl/N-ethyl adjacent to an activating group) is 1. The number of carboxylic acid groups (broad SMARTS) is 1. The highest BCUT2D eigenvalue weighted by Crippen LogP contribution is 2.40. The van der Waals surface area contributed by atoms with Gasteiger partial charge < -0.3 is 15.7 Å². The number of aliphatic carboxylic acids is 1. The number of aromatic nitrogens is 2. The van der Waals surface area contributed by atoms with Gasteiger partial charge in [0.05, 0.1) is 5.39 Å². The van der Waals surface area contributed by atoms with Crippen molar-refractivity contribution in [3.8, 4) is 11.1 Å². The van der Waals surface area contributed by atoms with Crippen LogP contribution in [-0.2, 0) is 16.0 Å². The SMILES string of the molecule is CCc1sc2ncnc(N)c2c1-c1ccc(N(CC)C(=O)C(=O)O)cc1. The monoisotopic (exact) mass is 370 g/mol. The molecule has 0 fully saturated rings. The van der Waals surface area contributed by atoms with E-state index in [1.165, 1.54) is 11.2 Å². The predicted octanol–water partition coefficient (Wildman–Crippen LogP) is 2.94. The molecule has 3 rings (SSSR count). The normalized spacial score (nSPS) is 10.8. The van der Waals surface area contributed by atoms with E-state index in [0.717, 1.165) is 32.6 Å². The van der Waals surface area contributed by atoms with E-state index in [1.807, 2.05) is 12.1 Å². The maximum Gasteiger partial charge on any atom is 0.394 e. The topological polar surface area (TPSA) is 109 Å². The maximum absolute atomic E-state index is 11.8. The van der Waals surface area contributed by atoms with E-state index < -0.39 is 11.9 Å². The first-order valence-electron chi connectivity index (χ1n) is 8.14. The number of amides is 1. The maximum atomic E-state index is 11.8. The van der Waals surface area contributed by atoms with Crippen LogP contribution in [0.4, 0.5) is 11.5 Å². The molecule has 0 aliphatic heterocycles. The average Bonchev–Trinajstić information content (AvgIpc) is 3.02. The predicted molar refractivity (Wildman–Crippen MR) is 102 cm³/mol. The lowest BCUT2D eigenvalue weighted by Crippen LogP contribution is -2.36. The van der Waals surface area contributed by atoms with Crippen molar-refractivity contribution in [1.29, 1.82) is 0 Å². The number of carbonyl (C=O) groups is 2. The lowest BCUT2D eigenvalue weighted by Gasteiger charge is -2.19. The second-order valence-corrected chi connectivity index (χ2v) is 6.68. The van der Waals surface area contributed by atoms with Crippen molar-refractivity contribution in [2.24, 2.45) is 0 Å². The summed E-state index contributed by atoms with van der Waals surface area (Å²) in [5.41, 5.74) is 8.52. The van der Waals surface area contributed by atoms with Gasteiger partial charge in [-0.1, -0.05) is 19.1 Å². The van der Waals surface area contributed by atoms with E-state index in [-0.39, 0.29) is 6.54 Å². The Kier molecular flexibility index (Phi) is 4.85. The minimum atomic E-state index is -1.47. The van der Waals surface area contributed by atoms with Crippen LogP contribution in [0.3, 0.4) is 0 Å². The van der Waals surface area contributed by atoms with Crippen LogP contribution in [0.1, 0.15) is 18.7 Å². The Balaban J connectivity index is 2.08. The number of rotatable bonds is 4. The van der Waals surface area contributed by atoms with E-state index in [1.54, 1.807) is 30.4 Å². The Hall–Kier alpha value is -3.00. The Bertz CT molecular complexity index is 982. The molecule has 0 saturated heterocycles. The third-order valence-electron chi connectivity index (χ3n) is 4.12. The number of aryl methyl sites for hydroxylation is 1. The molecule has 2 aromatic heterocycles. The summed E-state index contributed by atoms with van der Waals surface area (Å²) in [5, 5.41) is 9.78. The van der Waals surface area contributed by atoms with E-state index in [4.69, 9.17) is 10.8 Å². The highest BCUT2D eigenvalue weighted by atomic mass is 32.1. The highest BCUT2D eigenvalue weighted by Gasteiger charge is 2.22. The first kappa shape index (κ1) is 17.8. The zero-order chi connectivity index (χ0) is 18.8. The molecular weight excluding hydrogens is 352 g/mol. The summed E-state index contributed by atoms with van der Waals surface area (Å²) in [7, 11) is 0. The van der Waals surface area contributed by atoms with Gasteiger partial charge in [0.25, 0.3) is 0 Å². The molecule has 0 spiro atoms. The molecule has 0 bridgehead atoms. The fourth-order valence-corrected chi connectivity index (χ4v) is 4.03. The van der Waals surface area contributed by atoms with Crippen LogP contribution in [0, 0.1) is 0 Å². The lowest BCUT2D eigenvalue weighted by atomic mass is 10.0. The van der Waals surface area contributed by atoms with Gasteiger partial charge in [0, 0.05) is 22.7 Å². The molecule has 1 amide bonds. The highest BCUT2D eigenvalue weighted by molar-refractivity contribution is 7.19. The Morgan fingerprint density at radius 1 is 1.19 bits per heavy atom. The van der Waals surface area contributed by atoms with Gasteiger partial charge in [-0.15, -0.1) is 11.3 Å². The minimum absolute atomic E-state index is 0.271. The third-order valence-corrected chi connectivity index (χ3v) is 5.37. The molecule has 0 unspecified atom stereocenters. The smallest absolute Gasteiger partial charge is 0.394 e. The summed E-state index contributed by atoms with van der Waals surface area (Å²) in [5.74, 6) is -1.99. The molecule has 26 heavy (non-hydrogen) atoms. The van der Waals surface area contributed by atoms with E-state index in [9.17, 15) is 9.59 Å². The van der Waals surface area contributed by atoms with Crippen LogP contribution >= 0.6 is 11.3 Å². The number of nitrogens with zero attached hydrogens (tertiary/aromatic N) is 3. The standard InChI is InChI=1S/C18H18N4O3S/c1-3-12-13(14-15(19)20-9-21-16(14)26-12)10-5-7-11(8-6-10)22(4-2)17(23)18(24)25/h5-9H,3-4H2,1-2H3,(H,24,25)(H2,19,20,21). The Morgan fingerprint density at radius 3 is 2.46 bits per heavy atom. The number of hydrogen-bond acceptors (Lipinski definition) is 6. The minimum Gasteiger partial charge on any atom is -0.474 e. The molecule has 0 radical (unpaired) electrons. The van der Waals surface area contributed by atoms with Gasteiger partial charge in [0.2, 0.25) is 0 Å². The molecule has 3 N–H and O–H groups in total. The van der Waals surface area contributed by atoms with Crippen molar-refractivity contribution < 1.29 is 14.7 Å². The van der Waals surface area contributed by atoms with Crippen LogP contribution < -0.4 is 10.6 Å². The Labute approximate surface area is 154 Å². The first-order valence-corrected chi connectivity index (χ1v) is 8.96. The van der Waals surface area contributed by atoms with Crippen molar-refractivity contribution in [3.05, 3.63) is 35.5 Å². The summed E-state index contributed by atoms with van der Waals surface area (Å²) in [6.07, 6.45) is 2.28. The number of hydrogen-bond donors (Lipinski definition) is 2. The number of anilines is 2. The summed E-state index contributed by atoms with van der Waals surface area (Å²) in [6.45, 7) is 4.07. The van der Waals surface area contributed by atoms with Gasteiger partial charge in [-0.3, -0.25) is 4.79 Å². The molecule has 3 aromatic rings. The molecule has 2 heterocycles. The molecule has 134 valence electrons. The number of nitrogen functional groups attached to an aromatic ring is 1. The van der Waals surface area contributed by atoms with E-state index in [0.29, 0.717) is 11.5 Å². The molecule has 7 nitrogen and oxygen atoms in total. The number of carboxylic acids is 1. The van der Waals surface area contributed by atoms with Crippen LogP contribution in [0.15, 0.2) is 30.6 Å². The molecule has 8 heteroatoms. The quantitative estimate of drug-likeness (QED) is 0.683. The summed E-state index contributed by atoms with van der Waals surface area (Å²) in [4.78, 5) is 34.4. The molecular formula is C18H18N4O3S. The Morgan fingerprint density at radius 2 is 1.88 bits per heavy atom. The van der Waals surface area contributed by atoms with Crippen molar-refractivity contribution >= 4 is 44.9 Å². The van der Waals surface area contributed by atoms with Crippen molar-refractivity contribution in [1.82, 2.24) is 9.97 Å². The number of thiophene rings is 1. The molecule has 1 aromatic carbocycles. The van der Waals surface area contributed by atoms with E-state index >= 15 is 0 Å². The second kappa shape index (κ2) is 7.09. The number of fused-ring (bicyclic) bond motifs is 1. The summed E-state index contributed by atoms with van der Waals surface area (Å²) in [6, 6.07) is 7.20. The zero-order valence-corrected chi connectivity index (χ0v) is 15.2. The third kappa shape index (κ3) is 2.99. The summed E-state index contributed by atoms with van der Waals surface area (Å²) < 4.78 is 0. The molecule has 0 atom stereocenters. The molecule has 0 aliphatic carbocycles. The molecule has 0 aliphatic rings. The number of benzene rings is 1. The molecule has 0 saturated carbocycles. The number of carbonyl (C=O) groups excluding carboxylic acids is 1. The first-order chi connectivity index (χ1) is 12.5. The largest absolute Gasteiger partial charge is 0.474 e. The fraction of sp³-hybridized carbons (Fsp3) is 0.222. The van der Waals surface area contributed by atoms with Crippen LogP contribution in [0.2, 0.25) is 0 Å². The zero-order valence-electron chi connectivity index (χ0n) is 14.4. The summed E-state index contributed by atoms with van der Waals surface area (Å²) >= 11 is 1.58. The van der Waals surface area contributed by atoms with Gasteiger partial charge in [-0.25, -0.2) is 14.8 Å². The van der Waals surface area contributed by atoms with Crippen LogP contribution in [0.5, 0.6) is 0 Å². The van der Waals surface area contributed by atoms with Crippen molar-refractivity contribution in [3.63, 3.8) is 0 Å². The van der Waals surface area contributed by atoms with Gasteiger partial charge in [0.1, 0.15) is 17.0 Å². The second-order valence-electron chi connectivity index (χ2n) is 5.59. The van der Waals surface area contributed by atoms with Crippen molar-refractivity contribution in [2.75, 3.05) is 17.2 Å². The van der Waals surface area contributed by atoms with Gasteiger partial charge >= 0.3 is 11.9 Å². The fourth-order valence-electron chi connectivity index (χ4n) is 2.92. The lowest BCUT2D eigenvalue weighted by molar-refractivity contribution is -0.148. The number of nitrogens with two attached hydrogens (primary N) is 1. The van der Waals surface area contributed by atoms with Gasteiger partial charge in [-0.05, 0) is 31.0 Å². The van der Waals surface area contributed by atoms with Gasteiger partial charge in [-0.2, -0.15) is 0 Å². The van der Waals surface area contributed by atoms with Gasteiger partial charge in [0.15, 0.2) is 0 Å². The average molecular weight is 370 g/mol. The van der Waals surface area contributed by atoms with Crippen LogP contribution in [0.25, 0.3) is 21.3 Å². The van der Waals surface area contributed by atoms with Crippen molar-refractivity contribution in [2.45, 2.75) is 20.3 Å². The van der Waals surface area contributed by atoms with Crippen LogP contribution in [-0.4, -0.2) is 33.5 Å².